The number of hydrogen-bond donors (Lipinski definition) is 1. The minimum atomic E-state index is -3.60. The number of carbonyl (C=O) groups excluding carboxylic acids is 2. The summed E-state index contributed by atoms with van der Waals surface area (Å²) in [6.45, 7) is 2.40. The summed E-state index contributed by atoms with van der Waals surface area (Å²) in [6, 6.07) is 13.2. The third kappa shape index (κ3) is 7.40. The third-order valence-corrected chi connectivity index (χ3v) is 5.57. The van der Waals surface area contributed by atoms with E-state index in [2.05, 4.69) is 10.1 Å². The maximum absolute atomic E-state index is 12.2. The van der Waals surface area contributed by atoms with Crippen LogP contribution in [-0.4, -0.2) is 52.1 Å². The Balaban J connectivity index is 1.78. The topological polar surface area (TPSA) is 108 Å². The predicted octanol–water partition coefficient (Wildman–Crippen LogP) is 2.69. The lowest BCUT2D eigenvalue weighted by Gasteiger charge is -2.11. The zero-order valence-electron chi connectivity index (χ0n) is 16.9. The molecule has 2 aromatic carbocycles. The number of methoxy groups -OCH3 is 1. The van der Waals surface area contributed by atoms with E-state index in [4.69, 9.17) is 9.47 Å². The first-order valence-electron chi connectivity index (χ1n) is 9.38. The summed E-state index contributed by atoms with van der Waals surface area (Å²) >= 11 is 0. The minimum Gasteiger partial charge on any atom is -0.494 e. The first-order valence-corrected chi connectivity index (χ1v) is 11.2. The van der Waals surface area contributed by atoms with Crippen LogP contribution in [0.5, 0.6) is 11.5 Å². The van der Waals surface area contributed by atoms with E-state index in [0.29, 0.717) is 29.4 Å². The van der Waals surface area contributed by atoms with Gasteiger partial charge in [-0.15, -0.1) is 0 Å². The lowest BCUT2D eigenvalue weighted by Crippen LogP contribution is -2.25. The second-order valence-electron chi connectivity index (χ2n) is 6.29. The normalized spacial score (nSPS) is 10.9. The fourth-order valence-corrected chi connectivity index (χ4v) is 3.76. The fourth-order valence-electron chi connectivity index (χ4n) is 2.58. The lowest BCUT2D eigenvalue weighted by molar-refractivity contribution is -0.113. The highest BCUT2D eigenvalue weighted by molar-refractivity contribution is 7.92. The number of hydrogen-bond acceptors (Lipinski definition) is 7. The van der Waals surface area contributed by atoms with Gasteiger partial charge in [-0.2, -0.15) is 0 Å². The van der Waals surface area contributed by atoms with E-state index in [1.165, 1.54) is 7.11 Å². The standard InChI is InChI=1S/C21H25NO7S/c1-3-28-19-8-5-4-7-18(19)22-20(23)15-30(25,26)14-6-13-29-17-11-9-16(10-12-17)21(24)27-2/h4-5,7-12H,3,6,13-15H2,1-2H3,(H,22,23). The van der Waals surface area contributed by atoms with Gasteiger partial charge >= 0.3 is 5.97 Å². The zero-order chi connectivity index (χ0) is 22.0. The molecule has 30 heavy (non-hydrogen) atoms. The van der Waals surface area contributed by atoms with Crippen LogP contribution in [-0.2, 0) is 19.4 Å². The van der Waals surface area contributed by atoms with Crippen molar-refractivity contribution in [2.45, 2.75) is 13.3 Å². The average Bonchev–Trinajstić information content (AvgIpc) is 2.72. The van der Waals surface area contributed by atoms with Gasteiger partial charge in [-0.1, -0.05) is 12.1 Å². The van der Waals surface area contributed by atoms with Crippen LogP contribution in [0.2, 0.25) is 0 Å². The van der Waals surface area contributed by atoms with Crippen molar-refractivity contribution in [3.8, 4) is 11.5 Å². The van der Waals surface area contributed by atoms with Crippen LogP contribution in [0.25, 0.3) is 0 Å². The van der Waals surface area contributed by atoms with Crippen LogP contribution in [0.4, 0.5) is 5.69 Å². The minimum absolute atomic E-state index is 0.158. The first kappa shape index (κ1) is 23.2. The van der Waals surface area contributed by atoms with Gasteiger partial charge in [0.15, 0.2) is 9.84 Å². The molecule has 0 saturated carbocycles. The highest BCUT2D eigenvalue weighted by atomic mass is 32.2. The largest absolute Gasteiger partial charge is 0.494 e. The molecule has 0 aliphatic heterocycles. The van der Waals surface area contributed by atoms with E-state index in [9.17, 15) is 18.0 Å². The molecule has 2 rings (SSSR count). The summed E-state index contributed by atoms with van der Waals surface area (Å²) in [6.07, 6.45) is 0.226. The predicted molar refractivity (Wildman–Crippen MR) is 113 cm³/mol. The lowest BCUT2D eigenvalue weighted by atomic mass is 10.2. The Kier molecular flexibility index (Phi) is 8.67. The number of sulfone groups is 1. The molecular formula is C21H25NO7S. The van der Waals surface area contributed by atoms with Crippen molar-refractivity contribution >= 4 is 27.4 Å². The molecule has 0 aromatic heterocycles. The monoisotopic (exact) mass is 435 g/mol. The molecule has 1 amide bonds. The smallest absolute Gasteiger partial charge is 0.337 e. The number of para-hydroxylation sites is 2. The van der Waals surface area contributed by atoms with Crippen LogP contribution in [0.15, 0.2) is 48.5 Å². The summed E-state index contributed by atoms with van der Waals surface area (Å²) in [4.78, 5) is 23.5. The molecule has 0 saturated heterocycles. The van der Waals surface area contributed by atoms with Gasteiger partial charge in [-0.3, -0.25) is 4.79 Å². The zero-order valence-corrected chi connectivity index (χ0v) is 17.7. The Morgan fingerprint density at radius 3 is 2.37 bits per heavy atom. The molecule has 0 radical (unpaired) electrons. The number of nitrogens with one attached hydrogen (secondary N) is 1. The van der Waals surface area contributed by atoms with Crippen LogP contribution in [0, 0.1) is 0 Å². The van der Waals surface area contributed by atoms with E-state index in [1.54, 1.807) is 48.5 Å². The van der Waals surface area contributed by atoms with Gasteiger partial charge in [0.05, 0.1) is 37.3 Å². The molecule has 0 heterocycles. The quantitative estimate of drug-likeness (QED) is 0.427. The van der Waals surface area contributed by atoms with Crippen molar-refractivity contribution in [3.63, 3.8) is 0 Å². The summed E-state index contributed by atoms with van der Waals surface area (Å²) in [5, 5.41) is 2.57. The number of anilines is 1. The van der Waals surface area contributed by atoms with E-state index in [-0.39, 0.29) is 18.8 Å². The molecule has 0 unspecified atom stereocenters. The van der Waals surface area contributed by atoms with Gasteiger partial charge in [0, 0.05) is 0 Å². The maximum atomic E-state index is 12.2. The molecule has 0 fully saturated rings. The van der Waals surface area contributed by atoms with Crippen LogP contribution < -0.4 is 14.8 Å². The summed E-state index contributed by atoms with van der Waals surface area (Å²) in [7, 11) is -2.30. The molecule has 1 N–H and O–H groups in total. The molecule has 0 spiro atoms. The molecule has 162 valence electrons. The molecule has 0 atom stereocenters. The van der Waals surface area contributed by atoms with E-state index >= 15 is 0 Å². The van der Waals surface area contributed by atoms with Crippen molar-refractivity contribution in [3.05, 3.63) is 54.1 Å². The molecule has 0 aliphatic rings. The van der Waals surface area contributed by atoms with E-state index < -0.39 is 27.5 Å². The van der Waals surface area contributed by atoms with Gasteiger partial charge in [-0.05, 0) is 49.7 Å². The third-order valence-electron chi connectivity index (χ3n) is 3.96. The molecule has 0 bridgehead atoms. The number of carbonyl (C=O) groups is 2. The fraction of sp³-hybridized carbons (Fsp3) is 0.333. The van der Waals surface area contributed by atoms with E-state index in [0.717, 1.165) is 0 Å². The molecular weight excluding hydrogens is 410 g/mol. The summed E-state index contributed by atoms with van der Waals surface area (Å²) in [5.74, 6) is -0.895. The van der Waals surface area contributed by atoms with Crippen molar-refractivity contribution in [1.82, 2.24) is 0 Å². The van der Waals surface area contributed by atoms with Gasteiger partial charge in [0.2, 0.25) is 5.91 Å². The number of ether oxygens (including phenoxy) is 3. The summed E-state index contributed by atoms with van der Waals surface area (Å²) in [5.41, 5.74) is 0.822. The average molecular weight is 435 g/mol. The highest BCUT2D eigenvalue weighted by Crippen LogP contribution is 2.23. The van der Waals surface area contributed by atoms with Crippen LogP contribution in [0.1, 0.15) is 23.7 Å². The summed E-state index contributed by atoms with van der Waals surface area (Å²) < 4.78 is 39.9. The number of rotatable bonds is 11. The van der Waals surface area contributed by atoms with Crippen LogP contribution >= 0.6 is 0 Å². The SMILES string of the molecule is CCOc1ccccc1NC(=O)CS(=O)(=O)CCCOc1ccc(C(=O)OC)cc1. The second-order valence-corrected chi connectivity index (χ2v) is 8.47. The van der Waals surface area contributed by atoms with Gasteiger partial charge < -0.3 is 19.5 Å². The molecule has 0 aliphatic carbocycles. The van der Waals surface area contributed by atoms with Gasteiger partial charge in [0.25, 0.3) is 0 Å². The Labute approximate surface area is 176 Å². The Morgan fingerprint density at radius 2 is 1.70 bits per heavy atom. The highest BCUT2D eigenvalue weighted by Gasteiger charge is 2.18. The van der Waals surface area contributed by atoms with Crippen molar-refractivity contribution < 1.29 is 32.2 Å². The maximum Gasteiger partial charge on any atom is 0.337 e. The van der Waals surface area contributed by atoms with Crippen molar-refractivity contribution in [1.29, 1.82) is 0 Å². The Hall–Kier alpha value is -3.07. The molecule has 2 aromatic rings. The van der Waals surface area contributed by atoms with Gasteiger partial charge in [-0.25, -0.2) is 13.2 Å². The number of benzene rings is 2. The Morgan fingerprint density at radius 1 is 1.00 bits per heavy atom. The number of esters is 1. The van der Waals surface area contributed by atoms with Crippen LogP contribution in [0.3, 0.4) is 0 Å². The van der Waals surface area contributed by atoms with Crippen molar-refractivity contribution in [2.75, 3.05) is 37.1 Å². The van der Waals surface area contributed by atoms with Gasteiger partial charge in [0.1, 0.15) is 17.3 Å². The molecule has 9 heteroatoms. The Bertz CT molecular complexity index is 956. The van der Waals surface area contributed by atoms with E-state index in [1.807, 2.05) is 6.92 Å². The second kappa shape index (κ2) is 11.2. The first-order chi connectivity index (χ1) is 14.3. The number of amides is 1. The molecule has 8 nitrogen and oxygen atoms in total. The van der Waals surface area contributed by atoms with Crippen molar-refractivity contribution in [2.24, 2.45) is 0 Å².